The fraction of sp³-hybridized carbons (Fsp3) is 0.529. The second-order valence-electron chi connectivity index (χ2n) is 6.30. The molecule has 1 aliphatic heterocycles. The van der Waals surface area contributed by atoms with Gasteiger partial charge in [-0.2, -0.15) is 0 Å². The normalized spacial score (nSPS) is 24.1. The fourth-order valence-corrected chi connectivity index (χ4v) is 3.07. The molecule has 0 N–H and O–H groups in total. The molecule has 1 saturated heterocycles. The molecule has 1 fully saturated rings. The van der Waals surface area contributed by atoms with E-state index in [-0.39, 0.29) is 6.61 Å². The van der Waals surface area contributed by atoms with Crippen LogP contribution in [-0.4, -0.2) is 62.3 Å². The van der Waals surface area contributed by atoms with Crippen molar-refractivity contribution in [1.29, 1.82) is 0 Å². The molecule has 28 heavy (non-hydrogen) atoms. The first-order valence-electron chi connectivity index (χ1n) is 8.55. The molecule has 4 atom stereocenters. The SMILES string of the molecule is CC(=O)OC[C@H]1O[C@@H](n2cnc3c(C)ncnc32)[C@H](OC(C)=O)[C@@H]1OC(C)=O. The number of nitrogens with zero attached hydrogens (tertiary/aromatic N) is 4. The predicted molar refractivity (Wildman–Crippen MR) is 91.7 cm³/mol. The summed E-state index contributed by atoms with van der Waals surface area (Å²) in [6, 6.07) is 0. The van der Waals surface area contributed by atoms with Gasteiger partial charge in [0.1, 0.15) is 24.6 Å². The highest BCUT2D eigenvalue weighted by Crippen LogP contribution is 2.35. The van der Waals surface area contributed by atoms with Crippen molar-refractivity contribution in [3.8, 4) is 0 Å². The van der Waals surface area contributed by atoms with Gasteiger partial charge in [0.05, 0.1) is 12.0 Å². The lowest BCUT2D eigenvalue weighted by Gasteiger charge is -2.23. The van der Waals surface area contributed by atoms with Crippen molar-refractivity contribution < 1.29 is 33.3 Å². The summed E-state index contributed by atoms with van der Waals surface area (Å²) in [5.41, 5.74) is 1.68. The van der Waals surface area contributed by atoms with Crippen LogP contribution in [0.2, 0.25) is 0 Å². The van der Waals surface area contributed by atoms with E-state index >= 15 is 0 Å². The highest BCUT2D eigenvalue weighted by Gasteiger charge is 2.51. The zero-order chi connectivity index (χ0) is 20.4. The van der Waals surface area contributed by atoms with Crippen LogP contribution in [0.25, 0.3) is 11.2 Å². The van der Waals surface area contributed by atoms with E-state index in [1.165, 1.54) is 33.4 Å². The number of ether oxygens (including phenoxy) is 4. The average molecular weight is 392 g/mol. The highest BCUT2D eigenvalue weighted by molar-refractivity contribution is 5.73. The summed E-state index contributed by atoms with van der Waals surface area (Å²) in [5.74, 6) is -1.69. The summed E-state index contributed by atoms with van der Waals surface area (Å²) in [7, 11) is 0. The number of esters is 3. The number of carbonyl (C=O) groups excluding carboxylic acids is 3. The summed E-state index contributed by atoms with van der Waals surface area (Å²) in [4.78, 5) is 47.1. The molecule has 0 bridgehead atoms. The van der Waals surface area contributed by atoms with E-state index in [1.807, 2.05) is 0 Å². The molecule has 2 aromatic heterocycles. The van der Waals surface area contributed by atoms with Gasteiger partial charge in [0.2, 0.25) is 0 Å². The molecule has 0 aliphatic carbocycles. The van der Waals surface area contributed by atoms with Gasteiger partial charge in [-0.25, -0.2) is 15.0 Å². The Morgan fingerprint density at radius 1 is 1.04 bits per heavy atom. The Balaban J connectivity index is 2.01. The maximum atomic E-state index is 11.7. The maximum Gasteiger partial charge on any atom is 0.303 e. The summed E-state index contributed by atoms with van der Waals surface area (Å²) in [6.07, 6.45) is -0.852. The summed E-state index contributed by atoms with van der Waals surface area (Å²) in [6.45, 7) is 5.32. The molecule has 150 valence electrons. The van der Waals surface area contributed by atoms with E-state index in [1.54, 1.807) is 11.5 Å². The van der Waals surface area contributed by atoms with Crippen LogP contribution >= 0.6 is 0 Å². The minimum atomic E-state index is -0.991. The van der Waals surface area contributed by atoms with E-state index in [0.29, 0.717) is 16.9 Å². The van der Waals surface area contributed by atoms with Crippen molar-refractivity contribution >= 4 is 29.1 Å². The van der Waals surface area contributed by atoms with Crippen LogP contribution in [0.1, 0.15) is 32.7 Å². The Bertz CT molecular complexity index is 912. The zero-order valence-corrected chi connectivity index (χ0v) is 15.8. The van der Waals surface area contributed by atoms with Crippen LogP contribution in [0.4, 0.5) is 0 Å². The molecule has 11 heteroatoms. The largest absolute Gasteiger partial charge is 0.463 e. The van der Waals surface area contributed by atoms with Crippen LogP contribution in [0, 0.1) is 6.92 Å². The van der Waals surface area contributed by atoms with Crippen LogP contribution in [0.3, 0.4) is 0 Å². The molecule has 0 saturated carbocycles. The Morgan fingerprint density at radius 2 is 1.71 bits per heavy atom. The van der Waals surface area contributed by atoms with Gasteiger partial charge in [-0.05, 0) is 6.92 Å². The molecule has 2 aromatic rings. The van der Waals surface area contributed by atoms with Crippen molar-refractivity contribution in [3.05, 3.63) is 18.3 Å². The molecule has 0 aromatic carbocycles. The van der Waals surface area contributed by atoms with E-state index in [0.717, 1.165) is 0 Å². The average Bonchev–Trinajstić information content (AvgIpc) is 3.16. The molecule has 11 nitrogen and oxygen atoms in total. The highest BCUT2D eigenvalue weighted by atomic mass is 16.7. The molecule has 3 heterocycles. The maximum absolute atomic E-state index is 11.7. The number of rotatable bonds is 5. The number of hydrogen-bond acceptors (Lipinski definition) is 10. The molecule has 0 radical (unpaired) electrons. The monoisotopic (exact) mass is 392 g/mol. The molecule has 0 spiro atoms. The quantitative estimate of drug-likeness (QED) is 0.522. The molecular formula is C17H20N4O7. The third-order valence-corrected chi connectivity index (χ3v) is 4.16. The first-order chi connectivity index (χ1) is 13.3. The van der Waals surface area contributed by atoms with Crippen molar-refractivity contribution in [2.24, 2.45) is 0 Å². The lowest BCUT2D eigenvalue weighted by molar-refractivity contribution is -0.166. The predicted octanol–water partition coefficient (Wildman–Crippen LogP) is 0.459. The van der Waals surface area contributed by atoms with Gasteiger partial charge < -0.3 is 18.9 Å². The van der Waals surface area contributed by atoms with E-state index in [9.17, 15) is 14.4 Å². The van der Waals surface area contributed by atoms with Crippen molar-refractivity contribution in [2.45, 2.75) is 52.2 Å². The number of imidazole rings is 1. The van der Waals surface area contributed by atoms with Gasteiger partial charge in [-0.3, -0.25) is 19.0 Å². The summed E-state index contributed by atoms with van der Waals surface area (Å²) in [5, 5.41) is 0. The first kappa shape index (κ1) is 19.7. The second kappa shape index (κ2) is 7.89. The van der Waals surface area contributed by atoms with E-state index in [4.69, 9.17) is 18.9 Å². The fourth-order valence-electron chi connectivity index (χ4n) is 3.07. The number of aryl methyl sites for hydroxylation is 1. The van der Waals surface area contributed by atoms with Gasteiger partial charge in [0, 0.05) is 20.8 Å². The van der Waals surface area contributed by atoms with Crippen molar-refractivity contribution in [1.82, 2.24) is 19.5 Å². The van der Waals surface area contributed by atoms with Crippen molar-refractivity contribution in [2.75, 3.05) is 6.61 Å². The van der Waals surface area contributed by atoms with Gasteiger partial charge in [0.25, 0.3) is 0 Å². The molecule has 3 rings (SSSR count). The standard InChI is InChI=1S/C17H20N4O7/c1-8-13-16(19-6-18-8)21(7-20-13)17-15(27-11(4)24)14(26-10(3)23)12(28-17)5-25-9(2)22/h6-7,12,14-15,17H,5H2,1-4H3/t12-,14-,15-,17-/m1/s1. The van der Waals surface area contributed by atoms with Gasteiger partial charge in [-0.1, -0.05) is 0 Å². The van der Waals surface area contributed by atoms with Crippen molar-refractivity contribution in [3.63, 3.8) is 0 Å². The van der Waals surface area contributed by atoms with Crippen LogP contribution in [0.15, 0.2) is 12.7 Å². The summed E-state index contributed by atoms with van der Waals surface area (Å²) >= 11 is 0. The van der Waals surface area contributed by atoms with Crippen LogP contribution < -0.4 is 0 Å². The minimum Gasteiger partial charge on any atom is -0.463 e. The Kier molecular flexibility index (Phi) is 5.54. The van der Waals surface area contributed by atoms with Crippen LogP contribution in [-0.2, 0) is 33.3 Å². The number of carbonyl (C=O) groups is 3. The van der Waals surface area contributed by atoms with E-state index < -0.39 is 42.4 Å². The minimum absolute atomic E-state index is 0.178. The smallest absolute Gasteiger partial charge is 0.303 e. The second-order valence-corrected chi connectivity index (χ2v) is 6.30. The molecular weight excluding hydrogens is 372 g/mol. The van der Waals surface area contributed by atoms with E-state index in [2.05, 4.69) is 15.0 Å². The summed E-state index contributed by atoms with van der Waals surface area (Å²) < 4.78 is 23.3. The zero-order valence-electron chi connectivity index (χ0n) is 15.8. The lowest BCUT2D eigenvalue weighted by Crippen LogP contribution is -2.40. The Morgan fingerprint density at radius 3 is 2.36 bits per heavy atom. The Labute approximate surface area is 160 Å². The third-order valence-electron chi connectivity index (χ3n) is 4.16. The Hall–Kier alpha value is -3.08. The number of fused-ring (bicyclic) bond motifs is 1. The van der Waals surface area contributed by atoms with Crippen LogP contribution in [0.5, 0.6) is 0 Å². The lowest BCUT2D eigenvalue weighted by atomic mass is 10.1. The first-order valence-corrected chi connectivity index (χ1v) is 8.55. The third kappa shape index (κ3) is 3.93. The topological polar surface area (TPSA) is 132 Å². The number of aromatic nitrogens is 4. The van der Waals surface area contributed by atoms with Gasteiger partial charge >= 0.3 is 17.9 Å². The van der Waals surface area contributed by atoms with Gasteiger partial charge in [-0.15, -0.1) is 0 Å². The molecule has 1 aliphatic rings. The number of hydrogen-bond donors (Lipinski definition) is 0. The molecule has 0 amide bonds. The molecule has 0 unspecified atom stereocenters. The van der Waals surface area contributed by atoms with Gasteiger partial charge in [0.15, 0.2) is 24.1 Å².